The first-order chi connectivity index (χ1) is 14.2. The normalized spacial score (nSPS) is 13.3. The van der Waals surface area contributed by atoms with Crippen LogP contribution < -0.4 is 10.6 Å². The van der Waals surface area contributed by atoms with Gasteiger partial charge in [-0.25, -0.2) is 17.8 Å². The summed E-state index contributed by atoms with van der Waals surface area (Å²) in [5.41, 5.74) is 2.40. The molecule has 164 valence electrons. The number of nitrogens with one attached hydrogen (secondary N) is 2. The molecule has 0 heterocycles. The van der Waals surface area contributed by atoms with Crippen molar-refractivity contribution in [2.45, 2.75) is 39.0 Å². The average molecular weight is 434 g/mol. The lowest BCUT2D eigenvalue weighted by atomic mass is 9.88. The summed E-state index contributed by atoms with van der Waals surface area (Å²) < 4.78 is 37.2. The highest BCUT2D eigenvalue weighted by molar-refractivity contribution is 7.89. The van der Waals surface area contributed by atoms with Crippen LogP contribution in [0.3, 0.4) is 0 Å². The van der Waals surface area contributed by atoms with Crippen molar-refractivity contribution in [3.8, 4) is 0 Å². The Morgan fingerprint density at radius 2 is 1.77 bits per heavy atom. The smallest absolute Gasteiger partial charge is 0.191 e. The maximum Gasteiger partial charge on any atom is 0.191 e. The first kappa shape index (κ1) is 23.9. The molecule has 5 nitrogen and oxygen atoms in total. The Morgan fingerprint density at radius 3 is 2.37 bits per heavy atom. The first-order valence-electron chi connectivity index (χ1n) is 10.2. The summed E-state index contributed by atoms with van der Waals surface area (Å²) >= 11 is 0. The van der Waals surface area contributed by atoms with E-state index in [0.29, 0.717) is 42.0 Å². The van der Waals surface area contributed by atoms with Gasteiger partial charge in [0.05, 0.1) is 12.3 Å². The molecule has 1 atom stereocenters. The summed E-state index contributed by atoms with van der Waals surface area (Å²) in [7, 11) is -3.23. The molecule has 0 aliphatic carbocycles. The van der Waals surface area contributed by atoms with Crippen LogP contribution in [0.2, 0.25) is 0 Å². The zero-order chi connectivity index (χ0) is 22.1. The van der Waals surface area contributed by atoms with E-state index in [1.54, 1.807) is 0 Å². The molecule has 0 aliphatic heterocycles. The summed E-state index contributed by atoms with van der Waals surface area (Å²) in [5, 5.41) is 6.59. The van der Waals surface area contributed by atoms with Crippen molar-refractivity contribution in [3.05, 3.63) is 71.0 Å². The number of rotatable bonds is 9. The van der Waals surface area contributed by atoms with Gasteiger partial charge in [0.15, 0.2) is 15.8 Å². The predicted octanol–water partition coefficient (Wildman–Crippen LogP) is 3.87. The van der Waals surface area contributed by atoms with Crippen molar-refractivity contribution >= 4 is 15.8 Å². The number of halogens is 1. The highest BCUT2D eigenvalue weighted by Crippen LogP contribution is 2.23. The van der Waals surface area contributed by atoms with Gasteiger partial charge in [0.25, 0.3) is 0 Å². The Kier molecular flexibility index (Phi) is 8.84. The molecule has 30 heavy (non-hydrogen) atoms. The van der Waals surface area contributed by atoms with E-state index in [-0.39, 0.29) is 12.3 Å². The number of nitrogens with zero attached hydrogens (tertiary/aromatic N) is 1. The molecule has 0 amide bonds. The third kappa shape index (κ3) is 7.78. The topological polar surface area (TPSA) is 70.6 Å². The lowest BCUT2D eigenvalue weighted by Gasteiger charge is -2.23. The summed E-state index contributed by atoms with van der Waals surface area (Å²) in [4.78, 5) is 4.57. The second-order valence-corrected chi connectivity index (χ2v) is 9.96. The zero-order valence-corrected chi connectivity index (χ0v) is 19.0. The maximum absolute atomic E-state index is 13.8. The van der Waals surface area contributed by atoms with Crippen molar-refractivity contribution in [3.63, 3.8) is 0 Å². The van der Waals surface area contributed by atoms with Crippen molar-refractivity contribution in [2.75, 3.05) is 19.3 Å². The predicted molar refractivity (Wildman–Crippen MR) is 122 cm³/mol. The molecule has 0 radical (unpaired) electrons. The quantitative estimate of drug-likeness (QED) is 0.465. The van der Waals surface area contributed by atoms with Crippen LogP contribution in [0.4, 0.5) is 4.39 Å². The van der Waals surface area contributed by atoms with Crippen LogP contribution in [-0.4, -0.2) is 33.7 Å². The van der Waals surface area contributed by atoms with Gasteiger partial charge >= 0.3 is 0 Å². The molecule has 0 aliphatic rings. The van der Waals surface area contributed by atoms with Crippen molar-refractivity contribution in [1.29, 1.82) is 0 Å². The number of guanidine groups is 1. The standard InChI is InChI=1S/C23H32FN3O2S/c1-5-25-23(27-15-22(17(2)3)18-9-7-6-8-10-18)26-14-20-13-21(24)12-11-19(20)16-30(4,28)29/h6-13,17,22H,5,14-16H2,1-4H3,(H2,25,26,27). The molecule has 2 aromatic carbocycles. The second-order valence-electron chi connectivity index (χ2n) is 7.82. The number of benzene rings is 2. The Morgan fingerprint density at radius 1 is 1.07 bits per heavy atom. The van der Waals surface area contributed by atoms with Crippen LogP contribution >= 0.6 is 0 Å². The third-order valence-corrected chi connectivity index (χ3v) is 5.70. The molecule has 2 rings (SSSR count). The van der Waals surface area contributed by atoms with Gasteiger partial charge in [-0.2, -0.15) is 0 Å². The van der Waals surface area contributed by atoms with Crippen molar-refractivity contribution in [2.24, 2.45) is 10.9 Å². The average Bonchev–Trinajstić information content (AvgIpc) is 2.67. The van der Waals surface area contributed by atoms with Gasteiger partial charge in [-0.15, -0.1) is 0 Å². The van der Waals surface area contributed by atoms with E-state index in [1.165, 1.54) is 30.0 Å². The van der Waals surface area contributed by atoms with E-state index in [4.69, 9.17) is 0 Å². The minimum absolute atomic E-state index is 0.133. The van der Waals surface area contributed by atoms with Gasteiger partial charge in [0.1, 0.15) is 5.82 Å². The van der Waals surface area contributed by atoms with Crippen LogP contribution in [0.5, 0.6) is 0 Å². The number of hydrogen-bond acceptors (Lipinski definition) is 3. The summed E-state index contributed by atoms with van der Waals surface area (Å²) in [6, 6.07) is 14.5. The fraction of sp³-hybridized carbons (Fsp3) is 0.435. The van der Waals surface area contributed by atoms with Crippen LogP contribution in [0, 0.1) is 11.7 Å². The summed E-state index contributed by atoms with van der Waals surface area (Å²) in [6.07, 6.45) is 1.17. The van der Waals surface area contributed by atoms with E-state index in [1.807, 2.05) is 25.1 Å². The van der Waals surface area contributed by atoms with E-state index in [2.05, 4.69) is 41.6 Å². The van der Waals surface area contributed by atoms with Gasteiger partial charge in [-0.3, -0.25) is 0 Å². The van der Waals surface area contributed by atoms with Crippen LogP contribution in [0.1, 0.15) is 43.4 Å². The maximum atomic E-state index is 13.8. The van der Waals surface area contributed by atoms with Crippen LogP contribution in [-0.2, 0) is 22.1 Å². The molecule has 7 heteroatoms. The summed E-state index contributed by atoms with van der Waals surface area (Å²) in [6.45, 7) is 7.93. The van der Waals surface area contributed by atoms with Gasteiger partial charge in [0, 0.05) is 25.3 Å². The lowest BCUT2D eigenvalue weighted by molar-refractivity contribution is 0.488. The first-order valence-corrected chi connectivity index (χ1v) is 12.3. The van der Waals surface area contributed by atoms with Crippen molar-refractivity contribution in [1.82, 2.24) is 10.6 Å². The Bertz CT molecular complexity index is 944. The Balaban J connectivity index is 2.17. The largest absolute Gasteiger partial charge is 0.357 e. The SMILES string of the molecule is CCNC(=NCc1cc(F)ccc1CS(C)(=O)=O)NCC(c1ccccc1)C(C)C. The highest BCUT2D eigenvalue weighted by atomic mass is 32.2. The van der Waals surface area contributed by atoms with E-state index >= 15 is 0 Å². The monoisotopic (exact) mass is 433 g/mol. The zero-order valence-electron chi connectivity index (χ0n) is 18.2. The second kappa shape index (κ2) is 11.1. The Hall–Kier alpha value is -2.41. The number of aliphatic imine (C=N–C) groups is 1. The number of sulfone groups is 1. The fourth-order valence-corrected chi connectivity index (χ4v) is 4.16. The molecule has 0 saturated carbocycles. The van der Waals surface area contributed by atoms with Gasteiger partial charge < -0.3 is 10.6 Å². The van der Waals surface area contributed by atoms with E-state index in [9.17, 15) is 12.8 Å². The Labute approximate surface area is 179 Å². The molecule has 0 aromatic heterocycles. The van der Waals surface area contributed by atoms with Gasteiger partial charge in [-0.05, 0) is 41.7 Å². The fourth-order valence-electron chi connectivity index (χ4n) is 3.32. The molecule has 2 aromatic rings. The van der Waals surface area contributed by atoms with Crippen LogP contribution in [0.25, 0.3) is 0 Å². The third-order valence-electron chi connectivity index (χ3n) is 4.86. The van der Waals surface area contributed by atoms with Crippen LogP contribution in [0.15, 0.2) is 53.5 Å². The molecular formula is C23H32FN3O2S. The minimum Gasteiger partial charge on any atom is -0.357 e. The van der Waals surface area contributed by atoms with E-state index < -0.39 is 15.7 Å². The summed E-state index contributed by atoms with van der Waals surface area (Å²) in [5.74, 6) is 0.830. The van der Waals surface area contributed by atoms with Gasteiger partial charge in [0.2, 0.25) is 0 Å². The lowest BCUT2D eigenvalue weighted by Crippen LogP contribution is -2.40. The molecular weight excluding hydrogens is 401 g/mol. The van der Waals surface area contributed by atoms with Crippen molar-refractivity contribution < 1.29 is 12.8 Å². The minimum atomic E-state index is -3.23. The molecule has 0 spiro atoms. The van der Waals surface area contributed by atoms with Gasteiger partial charge in [-0.1, -0.05) is 50.2 Å². The molecule has 0 saturated heterocycles. The van der Waals surface area contributed by atoms with E-state index in [0.717, 1.165) is 0 Å². The molecule has 0 bridgehead atoms. The highest BCUT2D eigenvalue weighted by Gasteiger charge is 2.16. The number of hydrogen-bond donors (Lipinski definition) is 2. The molecule has 2 N–H and O–H groups in total. The molecule has 1 unspecified atom stereocenters. The molecule has 0 fully saturated rings.